The fourth-order valence-corrected chi connectivity index (χ4v) is 2.48. The highest BCUT2D eigenvalue weighted by atomic mass is 16.6. The van der Waals surface area contributed by atoms with Crippen LogP contribution < -0.4 is 11.2 Å². The number of fused-ring (bicyclic) bond motifs is 2. The Bertz CT molecular complexity index is 455. The molecule has 0 bridgehead atoms. The van der Waals surface area contributed by atoms with Crippen LogP contribution in [0.2, 0.25) is 0 Å². The van der Waals surface area contributed by atoms with Crippen molar-refractivity contribution in [1.29, 1.82) is 0 Å². The van der Waals surface area contributed by atoms with Gasteiger partial charge in [-0.2, -0.15) is 0 Å². The summed E-state index contributed by atoms with van der Waals surface area (Å²) >= 11 is 0. The highest BCUT2D eigenvalue weighted by Gasteiger charge is 2.44. The molecule has 3 N–H and O–H groups in total. The zero-order valence-corrected chi connectivity index (χ0v) is 9.35. The van der Waals surface area contributed by atoms with E-state index in [2.05, 4.69) is 10.3 Å². The van der Waals surface area contributed by atoms with E-state index in [9.17, 15) is 4.79 Å². The smallest absolute Gasteiger partial charge is 0.413 e. The van der Waals surface area contributed by atoms with Gasteiger partial charge in [0, 0.05) is 37.7 Å². The molecule has 90 valence electrons. The molecule has 0 saturated carbocycles. The summed E-state index contributed by atoms with van der Waals surface area (Å²) in [4.78, 5) is 15.7. The molecule has 0 atom stereocenters. The van der Waals surface area contributed by atoms with Crippen LogP contribution in [0.15, 0.2) is 18.3 Å². The second kappa shape index (κ2) is 3.68. The van der Waals surface area contributed by atoms with Crippen LogP contribution in [0, 0.1) is 0 Å². The maximum Gasteiger partial charge on any atom is 0.413 e. The van der Waals surface area contributed by atoms with Gasteiger partial charge in [0.1, 0.15) is 11.4 Å². The molecule has 3 heterocycles. The summed E-state index contributed by atoms with van der Waals surface area (Å²) in [5.74, 6) is 6.35. The van der Waals surface area contributed by atoms with Crippen LogP contribution in [0.4, 0.5) is 10.6 Å². The van der Waals surface area contributed by atoms with Crippen molar-refractivity contribution in [3.63, 3.8) is 0 Å². The Morgan fingerprint density at radius 1 is 1.47 bits per heavy atom. The fraction of sp³-hybridized carbons (Fsp3) is 0.455. The van der Waals surface area contributed by atoms with E-state index >= 15 is 0 Å². The van der Waals surface area contributed by atoms with Crippen molar-refractivity contribution in [2.24, 2.45) is 5.84 Å². The first-order valence-corrected chi connectivity index (χ1v) is 5.65. The van der Waals surface area contributed by atoms with Gasteiger partial charge in [-0.05, 0) is 12.1 Å². The molecule has 6 heteroatoms. The Morgan fingerprint density at radius 2 is 2.24 bits per heavy atom. The quantitative estimate of drug-likeness (QED) is 0.649. The number of rotatable bonds is 0. The average molecular weight is 234 g/mol. The number of hydrazine groups is 1. The number of pyridine rings is 1. The highest BCUT2D eigenvalue weighted by Crippen LogP contribution is 2.41. The standard InChI is InChI=1S/C11H14N4O2/c12-15-6-3-11(4-7-15)8-2-1-5-13-9(8)14-10(16)17-11/h1-2,5H,3-4,6-7,12H2,(H,13,14,16). The molecule has 3 rings (SSSR count). The van der Waals surface area contributed by atoms with Crippen molar-refractivity contribution >= 4 is 11.9 Å². The van der Waals surface area contributed by atoms with Gasteiger partial charge in [-0.15, -0.1) is 0 Å². The first-order chi connectivity index (χ1) is 8.20. The number of nitrogens with one attached hydrogen (secondary N) is 1. The number of ether oxygens (including phenoxy) is 1. The summed E-state index contributed by atoms with van der Waals surface area (Å²) in [6.45, 7) is 1.42. The number of piperidine rings is 1. The largest absolute Gasteiger partial charge is 0.438 e. The lowest BCUT2D eigenvalue weighted by atomic mass is 9.84. The molecule has 1 saturated heterocycles. The summed E-state index contributed by atoms with van der Waals surface area (Å²) in [6, 6.07) is 3.81. The Hall–Kier alpha value is -1.66. The van der Waals surface area contributed by atoms with Crippen LogP contribution in [0.1, 0.15) is 18.4 Å². The van der Waals surface area contributed by atoms with Crippen molar-refractivity contribution in [1.82, 2.24) is 9.99 Å². The van der Waals surface area contributed by atoms with Gasteiger partial charge in [-0.25, -0.2) is 14.8 Å². The number of nitrogens with two attached hydrogens (primary N) is 1. The molecule has 0 aliphatic carbocycles. The number of amides is 1. The lowest BCUT2D eigenvalue weighted by molar-refractivity contribution is -0.0384. The molecular weight excluding hydrogens is 220 g/mol. The summed E-state index contributed by atoms with van der Waals surface area (Å²) in [7, 11) is 0. The molecule has 6 nitrogen and oxygen atoms in total. The predicted molar refractivity (Wildman–Crippen MR) is 61.0 cm³/mol. The van der Waals surface area contributed by atoms with E-state index in [0.717, 1.165) is 5.56 Å². The normalized spacial score (nSPS) is 22.8. The van der Waals surface area contributed by atoms with E-state index < -0.39 is 11.7 Å². The van der Waals surface area contributed by atoms with Gasteiger partial charge in [0.2, 0.25) is 0 Å². The third-order valence-electron chi connectivity index (χ3n) is 3.41. The molecule has 0 radical (unpaired) electrons. The SMILES string of the molecule is NN1CCC2(CC1)OC(=O)Nc1ncccc12. The number of carbonyl (C=O) groups is 1. The number of hydrogen-bond donors (Lipinski definition) is 2. The van der Waals surface area contributed by atoms with Gasteiger partial charge < -0.3 is 4.74 Å². The third kappa shape index (κ3) is 1.65. The summed E-state index contributed by atoms with van der Waals surface area (Å²) in [5.41, 5.74) is 0.398. The van der Waals surface area contributed by atoms with Crippen molar-refractivity contribution in [3.05, 3.63) is 23.9 Å². The lowest BCUT2D eigenvalue weighted by Gasteiger charge is -2.42. The van der Waals surface area contributed by atoms with Gasteiger partial charge in [0.05, 0.1) is 0 Å². The van der Waals surface area contributed by atoms with E-state index in [-0.39, 0.29) is 0 Å². The molecule has 1 amide bonds. The van der Waals surface area contributed by atoms with Crippen LogP contribution in [0.5, 0.6) is 0 Å². The van der Waals surface area contributed by atoms with Crippen LogP contribution >= 0.6 is 0 Å². The Morgan fingerprint density at radius 3 is 3.00 bits per heavy atom. The minimum absolute atomic E-state index is 0.429. The molecule has 17 heavy (non-hydrogen) atoms. The zero-order valence-electron chi connectivity index (χ0n) is 9.35. The predicted octanol–water partition coefficient (Wildman–Crippen LogP) is 0.808. The molecule has 1 spiro atoms. The second-order valence-electron chi connectivity index (χ2n) is 4.44. The molecule has 2 aliphatic heterocycles. The first-order valence-electron chi connectivity index (χ1n) is 5.65. The maximum atomic E-state index is 11.6. The van der Waals surface area contributed by atoms with Crippen molar-refractivity contribution in [2.75, 3.05) is 18.4 Å². The van der Waals surface area contributed by atoms with E-state index in [1.807, 2.05) is 12.1 Å². The average Bonchev–Trinajstić information content (AvgIpc) is 2.33. The lowest BCUT2D eigenvalue weighted by Crippen LogP contribution is -2.50. The monoisotopic (exact) mass is 234 g/mol. The summed E-state index contributed by atoms with van der Waals surface area (Å²) in [5, 5.41) is 4.37. The van der Waals surface area contributed by atoms with Crippen molar-refractivity contribution in [3.8, 4) is 0 Å². The molecule has 2 aliphatic rings. The number of aromatic nitrogens is 1. The fourth-order valence-electron chi connectivity index (χ4n) is 2.48. The van der Waals surface area contributed by atoms with E-state index in [1.165, 1.54) is 0 Å². The number of carbonyl (C=O) groups excluding carboxylic acids is 1. The Kier molecular flexibility index (Phi) is 2.27. The zero-order chi connectivity index (χ0) is 11.9. The second-order valence-corrected chi connectivity index (χ2v) is 4.44. The third-order valence-corrected chi connectivity index (χ3v) is 3.41. The molecule has 1 aromatic rings. The Labute approximate surface area is 98.7 Å². The Balaban J connectivity index is 2.02. The van der Waals surface area contributed by atoms with Crippen LogP contribution in [0.25, 0.3) is 0 Å². The van der Waals surface area contributed by atoms with Crippen molar-refractivity contribution in [2.45, 2.75) is 18.4 Å². The van der Waals surface area contributed by atoms with Crippen LogP contribution in [-0.4, -0.2) is 29.2 Å². The maximum absolute atomic E-state index is 11.6. The number of hydrogen-bond acceptors (Lipinski definition) is 5. The van der Waals surface area contributed by atoms with E-state index in [1.54, 1.807) is 11.2 Å². The van der Waals surface area contributed by atoms with Crippen LogP contribution in [0.3, 0.4) is 0 Å². The van der Waals surface area contributed by atoms with Gasteiger partial charge in [0.15, 0.2) is 0 Å². The summed E-state index contributed by atoms with van der Waals surface area (Å²) in [6.07, 6.45) is 2.64. The number of nitrogens with zero attached hydrogens (tertiary/aromatic N) is 2. The molecule has 1 aromatic heterocycles. The van der Waals surface area contributed by atoms with Gasteiger partial charge in [-0.3, -0.25) is 11.2 Å². The van der Waals surface area contributed by atoms with Gasteiger partial charge in [-0.1, -0.05) is 0 Å². The molecule has 0 aromatic carbocycles. The van der Waals surface area contributed by atoms with Gasteiger partial charge in [0.25, 0.3) is 0 Å². The topological polar surface area (TPSA) is 80.5 Å². The minimum Gasteiger partial charge on any atom is -0.438 e. The number of anilines is 1. The molecule has 0 unspecified atom stereocenters. The first kappa shape index (κ1) is 10.5. The van der Waals surface area contributed by atoms with Crippen molar-refractivity contribution < 1.29 is 9.53 Å². The summed E-state index contributed by atoms with van der Waals surface area (Å²) < 4.78 is 5.52. The minimum atomic E-state index is -0.554. The van der Waals surface area contributed by atoms with Gasteiger partial charge >= 0.3 is 6.09 Å². The molecule has 1 fully saturated rings. The highest BCUT2D eigenvalue weighted by molar-refractivity contribution is 5.87. The van der Waals surface area contributed by atoms with E-state index in [0.29, 0.717) is 31.7 Å². The van der Waals surface area contributed by atoms with Crippen LogP contribution in [-0.2, 0) is 10.3 Å². The molecular formula is C11H14N4O2. The van der Waals surface area contributed by atoms with E-state index in [4.69, 9.17) is 10.6 Å².